The van der Waals surface area contributed by atoms with Gasteiger partial charge in [-0.1, -0.05) is 6.92 Å². The molecular weight excluding hydrogens is 186 g/mol. The molecule has 2 unspecified atom stereocenters. The number of nitrogens with zero attached hydrogens (tertiary/aromatic N) is 1. The summed E-state index contributed by atoms with van der Waals surface area (Å²) in [6.07, 6.45) is 1.03. The average Bonchev–Trinajstić information content (AvgIpc) is 2.53. The summed E-state index contributed by atoms with van der Waals surface area (Å²) in [5.74, 6) is 1.95. The molecule has 1 aliphatic rings. The lowest BCUT2D eigenvalue weighted by atomic mass is 9.89. The summed E-state index contributed by atoms with van der Waals surface area (Å²) in [7, 11) is 0. The SMILES string of the molecule is CC1COCCC1c1nc(=S)[nH][nH]1. The van der Waals surface area contributed by atoms with E-state index in [1.807, 2.05) is 0 Å². The first-order valence-electron chi connectivity index (χ1n) is 4.49. The van der Waals surface area contributed by atoms with Gasteiger partial charge < -0.3 is 4.74 Å². The molecule has 2 heterocycles. The van der Waals surface area contributed by atoms with Gasteiger partial charge in [0, 0.05) is 19.1 Å². The predicted octanol–water partition coefficient (Wildman–Crippen LogP) is 1.61. The van der Waals surface area contributed by atoms with Gasteiger partial charge in [-0.05, 0) is 24.6 Å². The Bertz CT molecular complexity index is 332. The summed E-state index contributed by atoms with van der Waals surface area (Å²) in [5, 5.41) is 5.83. The minimum Gasteiger partial charge on any atom is -0.381 e. The quantitative estimate of drug-likeness (QED) is 0.676. The maximum absolute atomic E-state index is 5.36. The van der Waals surface area contributed by atoms with Crippen LogP contribution in [0.5, 0.6) is 0 Å². The molecule has 0 spiro atoms. The molecule has 72 valence electrons. The molecular formula is C8H13N3OS. The van der Waals surface area contributed by atoms with Crippen LogP contribution in [0.15, 0.2) is 0 Å². The van der Waals surface area contributed by atoms with Crippen molar-refractivity contribution < 1.29 is 4.74 Å². The maximum atomic E-state index is 5.36. The summed E-state index contributed by atoms with van der Waals surface area (Å²) in [6.45, 7) is 3.82. The third kappa shape index (κ3) is 1.81. The number of H-pyrrole nitrogens is 2. The zero-order valence-corrected chi connectivity index (χ0v) is 8.36. The highest BCUT2D eigenvalue weighted by molar-refractivity contribution is 7.71. The zero-order valence-electron chi connectivity index (χ0n) is 7.54. The standard InChI is InChI=1S/C8H13N3OS/c1-5-4-12-3-2-6(5)7-9-8(13)11-10-7/h5-6H,2-4H2,1H3,(H2,9,10,11,13). The second-order valence-corrected chi connectivity index (χ2v) is 3.89. The molecule has 1 aromatic rings. The summed E-state index contributed by atoms with van der Waals surface area (Å²) >= 11 is 4.91. The van der Waals surface area contributed by atoms with Crippen LogP contribution in [0, 0.1) is 10.7 Å². The largest absolute Gasteiger partial charge is 0.381 e. The molecule has 13 heavy (non-hydrogen) atoms. The Hall–Kier alpha value is -0.680. The highest BCUT2D eigenvalue weighted by atomic mass is 32.1. The molecule has 4 nitrogen and oxygen atoms in total. The smallest absolute Gasteiger partial charge is 0.213 e. The van der Waals surface area contributed by atoms with Crippen LogP contribution in [0.3, 0.4) is 0 Å². The minimum atomic E-state index is 0.460. The van der Waals surface area contributed by atoms with Gasteiger partial charge in [0.1, 0.15) is 5.82 Å². The van der Waals surface area contributed by atoms with Crippen LogP contribution in [0.25, 0.3) is 0 Å². The normalized spacial score (nSPS) is 29.0. The molecule has 2 N–H and O–H groups in total. The monoisotopic (exact) mass is 199 g/mol. The van der Waals surface area contributed by atoms with Crippen molar-refractivity contribution in [2.45, 2.75) is 19.3 Å². The molecule has 0 radical (unpaired) electrons. The molecule has 0 bridgehead atoms. The van der Waals surface area contributed by atoms with E-state index in [4.69, 9.17) is 17.0 Å². The summed E-state index contributed by atoms with van der Waals surface area (Å²) < 4.78 is 5.90. The predicted molar refractivity (Wildman–Crippen MR) is 51.1 cm³/mol. The van der Waals surface area contributed by atoms with E-state index >= 15 is 0 Å². The van der Waals surface area contributed by atoms with Gasteiger partial charge in [0.05, 0.1) is 0 Å². The highest BCUT2D eigenvalue weighted by Gasteiger charge is 2.25. The zero-order chi connectivity index (χ0) is 9.26. The summed E-state index contributed by atoms with van der Waals surface area (Å²) in [6, 6.07) is 0. The van der Waals surface area contributed by atoms with E-state index in [0.717, 1.165) is 25.5 Å². The van der Waals surface area contributed by atoms with Crippen molar-refractivity contribution in [3.63, 3.8) is 0 Å². The molecule has 0 aliphatic carbocycles. The van der Waals surface area contributed by atoms with Crippen molar-refractivity contribution in [1.29, 1.82) is 0 Å². The Morgan fingerprint density at radius 1 is 1.54 bits per heavy atom. The van der Waals surface area contributed by atoms with Crippen LogP contribution in [0.1, 0.15) is 25.1 Å². The fourth-order valence-electron chi connectivity index (χ4n) is 1.74. The topological polar surface area (TPSA) is 53.7 Å². The first kappa shape index (κ1) is 8.90. The molecule has 1 saturated heterocycles. The van der Waals surface area contributed by atoms with Gasteiger partial charge in [-0.25, -0.2) is 4.98 Å². The number of rotatable bonds is 1. The number of hydrogen-bond acceptors (Lipinski definition) is 3. The highest BCUT2D eigenvalue weighted by Crippen LogP contribution is 2.28. The van der Waals surface area contributed by atoms with Gasteiger partial charge in [-0.2, -0.15) is 0 Å². The second-order valence-electron chi connectivity index (χ2n) is 3.50. The Kier molecular flexibility index (Phi) is 2.46. The van der Waals surface area contributed by atoms with Crippen LogP contribution in [0.4, 0.5) is 0 Å². The van der Waals surface area contributed by atoms with Crippen molar-refractivity contribution in [2.24, 2.45) is 5.92 Å². The van der Waals surface area contributed by atoms with Crippen molar-refractivity contribution in [1.82, 2.24) is 15.2 Å². The lowest BCUT2D eigenvalue weighted by Gasteiger charge is -2.26. The molecule has 0 amide bonds. The minimum absolute atomic E-state index is 0.460. The number of aromatic amines is 2. The van der Waals surface area contributed by atoms with E-state index in [-0.39, 0.29) is 0 Å². The van der Waals surface area contributed by atoms with Crippen molar-refractivity contribution in [3.8, 4) is 0 Å². The van der Waals surface area contributed by atoms with E-state index in [9.17, 15) is 0 Å². The van der Waals surface area contributed by atoms with Gasteiger partial charge >= 0.3 is 0 Å². The number of nitrogens with one attached hydrogen (secondary N) is 2. The van der Waals surface area contributed by atoms with E-state index in [0.29, 0.717) is 16.6 Å². The van der Waals surface area contributed by atoms with Crippen LogP contribution in [-0.2, 0) is 4.74 Å². The van der Waals surface area contributed by atoms with Gasteiger partial charge in [-0.3, -0.25) is 10.2 Å². The fourth-order valence-corrected chi connectivity index (χ4v) is 1.89. The molecule has 1 aliphatic heterocycles. The second kappa shape index (κ2) is 3.59. The van der Waals surface area contributed by atoms with Crippen LogP contribution in [-0.4, -0.2) is 28.4 Å². The molecule has 2 rings (SSSR count). The van der Waals surface area contributed by atoms with Crippen molar-refractivity contribution >= 4 is 12.2 Å². The number of hydrogen-bond donors (Lipinski definition) is 2. The van der Waals surface area contributed by atoms with Crippen LogP contribution < -0.4 is 0 Å². The Morgan fingerprint density at radius 3 is 3.00 bits per heavy atom. The lowest BCUT2D eigenvalue weighted by Crippen LogP contribution is -2.24. The molecule has 5 heteroatoms. The maximum Gasteiger partial charge on any atom is 0.213 e. The Balaban J connectivity index is 2.19. The first-order valence-corrected chi connectivity index (χ1v) is 4.90. The van der Waals surface area contributed by atoms with E-state index < -0.39 is 0 Å². The first-order chi connectivity index (χ1) is 6.27. The van der Waals surface area contributed by atoms with Crippen molar-refractivity contribution in [2.75, 3.05) is 13.2 Å². The van der Waals surface area contributed by atoms with Crippen molar-refractivity contribution in [3.05, 3.63) is 10.6 Å². The molecule has 0 saturated carbocycles. The summed E-state index contributed by atoms with van der Waals surface area (Å²) in [4.78, 5) is 4.23. The third-order valence-electron chi connectivity index (χ3n) is 2.51. The van der Waals surface area contributed by atoms with Gasteiger partial charge in [0.2, 0.25) is 4.77 Å². The lowest BCUT2D eigenvalue weighted by molar-refractivity contribution is 0.0453. The van der Waals surface area contributed by atoms with Crippen LogP contribution >= 0.6 is 12.2 Å². The fraction of sp³-hybridized carbons (Fsp3) is 0.750. The van der Waals surface area contributed by atoms with Gasteiger partial charge in [0.25, 0.3) is 0 Å². The van der Waals surface area contributed by atoms with Gasteiger partial charge in [-0.15, -0.1) is 0 Å². The van der Waals surface area contributed by atoms with E-state index in [1.165, 1.54) is 0 Å². The molecule has 0 aromatic carbocycles. The molecule has 1 fully saturated rings. The number of aromatic nitrogens is 3. The van der Waals surface area contributed by atoms with E-state index in [1.54, 1.807) is 0 Å². The molecule has 2 atom stereocenters. The summed E-state index contributed by atoms with van der Waals surface area (Å²) in [5.41, 5.74) is 0. The average molecular weight is 199 g/mol. The third-order valence-corrected chi connectivity index (χ3v) is 2.70. The molecule has 1 aromatic heterocycles. The number of ether oxygens (including phenoxy) is 1. The van der Waals surface area contributed by atoms with E-state index in [2.05, 4.69) is 22.1 Å². The van der Waals surface area contributed by atoms with Gasteiger partial charge in [0.15, 0.2) is 0 Å². The Morgan fingerprint density at radius 2 is 2.38 bits per heavy atom. The Labute approximate surface area is 81.7 Å². The van der Waals surface area contributed by atoms with Crippen LogP contribution in [0.2, 0.25) is 0 Å².